The van der Waals surface area contributed by atoms with Crippen LogP contribution in [-0.2, 0) is 10.2 Å². The Hall–Kier alpha value is -0.890. The quantitative estimate of drug-likeness (QED) is 0.254. The Labute approximate surface area is 168 Å². The second-order valence-corrected chi connectivity index (χ2v) is 7.12. The van der Waals surface area contributed by atoms with Gasteiger partial charge in [-0.3, -0.25) is 4.99 Å². The summed E-state index contributed by atoms with van der Waals surface area (Å²) in [5.41, 5.74) is 0.784. The van der Waals surface area contributed by atoms with E-state index in [1.54, 1.807) is 19.2 Å². The molecule has 0 saturated heterocycles. The van der Waals surface area contributed by atoms with E-state index >= 15 is 0 Å². The molecule has 1 saturated carbocycles. The molecule has 2 N–H and O–H groups in total. The summed E-state index contributed by atoms with van der Waals surface area (Å²) in [5.74, 6) is 1.38. The average molecular weight is 463 g/mol. The second-order valence-electron chi connectivity index (χ2n) is 7.12. The summed E-state index contributed by atoms with van der Waals surface area (Å²) in [6, 6.07) is 6.77. The Kier molecular flexibility index (Phi) is 9.71. The molecule has 1 fully saturated rings. The van der Waals surface area contributed by atoms with Crippen LogP contribution in [0.2, 0.25) is 0 Å². The van der Waals surface area contributed by atoms with Gasteiger partial charge in [0.05, 0.1) is 0 Å². The summed E-state index contributed by atoms with van der Waals surface area (Å²) < 4.78 is 19.0. The van der Waals surface area contributed by atoms with Gasteiger partial charge in [-0.15, -0.1) is 24.0 Å². The van der Waals surface area contributed by atoms with Crippen LogP contribution in [0.15, 0.2) is 29.3 Å². The lowest BCUT2D eigenvalue weighted by atomic mass is 9.84. The van der Waals surface area contributed by atoms with Gasteiger partial charge in [-0.25, -0.2) is 4.39 Å². The largest absolute Gasteiger partial charge is 0.381 e. The van der Waals surface area contributed by atoms with E-state index in [2.05, 4.69) is 29.5 Å². The maximum atomic E-state index is 13.4. The lowest BCUT2D eigenvalue weighted by Gasteiger charge is -2.26. The van der Waals surface area contributed by atoms with Crippen molar-refractivity contribution in [2.45, 2.75) is 38.5 Å². The Bertz CT molecular complexity index is 547. The molecule has 1 aromatic rings. The van der Waals surface area contributed by atoms with Gasteiger partial charge in [-0.2, -0.15) is 0 Å². The Morgan fingerprint density at radius 2 is 2.08 bits per heavy atom. The Balaban J connectivity index is 0.00000312. The normalized spacial score (nSPS) is 14.8. The van der Waals surface area contributed by atoms with Gasteiger partial charge in [0.15, 0.2) is 5.96 Å². The Morgan fingerprint density at radius 1 is 1.32 bits per heavy atom. The van der Waals surface area contributed by atoms with E-state index in [-0.39, 0.29) is 35.2 Å². The van der Waals surface area contributed by atoms with Crippen LogP contribution < -0.4 is 10.6 Å². The molecule has 0 bridgehead atoms. The average Bonchev–Trinajstić information content (AvgIpc) is 3.38. The van der Waals surface area contributed by atoms with Gasteiger partial charge in [0.25, 0.3) is 0 Å². The molecule has 0 aliphatic heterocycles. The van der Waals surface area contributed by atoms with Crippen molar-refractivity contribution in [3.63, 3.8) is 0 Å². The van der Waals surface area contributed by atoms with Gasteiger partial charge in [0, 0.05) is 38.8 Å². The molecule has 2 rings (SSSR count). The molecule has 0 atom stereocenters. The minimum absolute atomic E-state index is 0. The number of hydrogen-bond donors (Lipinski definition) is 2. The molecule has 6 heteroatoms. The highest BCUT2D eigenvalue weighted by molar-refractivity contribution is 14.0. The first-order chi connectivity index (χ1) is 11.5. The molecular weight excluding hydrogens is 432 g/mol. The van der Waals surface area contributed by atoms with Crippen LogP contribution in [0.1, 0.15) is 38.7 Å². The van der Waals surface area contributed by atoms with E-state index in [1.807, 2.05) is 6.07 Å². The molecule has 0 spiro atoms. The van der Waals surface area contributed by atoms with E-state index in [4.69, 9.17) is 4.74 Å². The van der Waals surface area contributed by atoms with E-state index < -0.39 is 0 Å². The third-order valence-electron chi connectivity index (χ3n) is 4.34. The smallest absolute Gasteiger partial charge is 0.191 e. The molecule has 142 valence electrons. The van der Waals surface area contributed by atoms with Gasteiger partial charge in [-0.05, 0) is 42.9 Å². The monoisotopic (exact) mass is 463 g/mol. The third kappa shape index (κ3) is 8.35. The molecule has 0 heterocycles. The minimum atomic E-state index is -0.200. The second kappa shape index (κ2) is 11.0. The van der Waals surface area contributed by atoms with Crippen molar-refractivity contribution in [1.82, 2.24) is 10.6 Å². The zero-order valence-corrected chi connectivity index (χ0v) is 17.8. The first-order valence-electron chi connectivity index (χ1n) is 8.79. The van der Waals surface area contributed by atoms with Crippen LogP contribution in [0.5, 0.6) is 0 Å². The summed E-state index contributed by atoms with van der Waals surface area (Å²) in [6.07, 6.45) is 3.62. The molecule has 0 aromatic heterocycles. The van der Waals surface area contributed by atoms with Crippen molar-refractivity contribution < 1.29 is 9.13 Å². The first kappa shape index (κ1) is 22.2. The molecule has 1 aliphatic carbocycles. The number of guanidine groups is 1. The molecule has 25 heavy (non-hydrogen) atoms. The number of nitrogens with one attached hydrogen (secondary N) is 2. The molecule has 0 unspecified atom stereocenters. The zero-order valence-electron chi connectivity index (χ0n) is 15.5. The summed E-state index contributed by atoms with van der Waals surface area (Å²) >= 11 is 0. The molecule has 4 nitrogen and oxygen atoms in total. The predicted molar refractivity (Wildman–Crippen MR) is 112 cm³/mol. The van der Waals surface area contributed by atoms with E-state index in [9.17, 15) is 4.39 Å². The SMILES string of the molecule is CN=C(NCCCOCC1CC1)NCC(C)(C)c1cccc(F)c1.I. The molecule has 1 aliphatic rings. The summed E-state index contributed by atoms with van der Waals surface area (Å²) in [7, 11) is 1.76. The Morgan fingerprint density at radius 3 is 2.72 bits per heavy atom. The van der Waals surface area contributed by atoms with Crippen molar-refractivity contribution in [2.75, 3.05) is 33.4 Å². The maximum Gasteiger partial charge on any atom is 0.191 e. The van der Waals surface area contributed by atoms with Crippen LogP contribution in [0.25, 0.3) is 0 Å². The van der Waals surface area contributed by atoms with Gasteiger partial charge in [0.2, 0.25) is 0 Å². The van der Waals surface area contributed by atoms with Crippen molar-refractivity contribution in [3.8, 4) is 0 Å². The number of hydrogen-bond acceptors (Lipinski definition) is 2. The van der Waals surface area contributed by atoms with Crippen molar-refractivity contribution in [1.29, 1.82) is 0 Å². The number of rotatable bonds is 9. The number of halogens is 2. The van der Waals surface area contributed by atoms with E-state index in [0.717, 1.165) is 43.6 Å². The molecule has 0 radical (unpaired) electrons. The predicted octanol–water partition coefficient (Wildman–Crippen LogP) is 3.70. The lowest BCUT2D eigenvalue weighted by Crippen LogP contribution is -2.43. The van der Waals surface area contributed by atoms with Crippen molar-refractivity contribution >= 4 is 29.9 Å². The fraction of sp³-hybridized carbons (Fsp3) is 0.632. The minimum Gasteiger partial charge on any atom is -0.381 e. The topological polar surface area (TPSA) is 45.7 Å². The first-order valence-corrected chi connectivity index (χ1v) is 8.79. The molecular formula is C19H31FIN3O. The number of aliphatic imine (C=N–C) groups is 1. The van der Waals surface area contributed by atoms with Crippen molar-refractivity contribution in [3.05, 3.63) is 35.6 Å². The van der Waals surface area contributed by atoms with Crippen LogP contribution in [-0.4, -0.2) is 39.3 Å². The van der Waals surface area contributed by atoms with Crippen LogP contribution in [0.3, 0.4) is 0 Å². The maximum absolute atomic E-state index is 13.4. The lowest BCUT2D eigenvalue weighted by molar-refractivity contribution is 0.123. The number of benzene rings is 1. The van der Waals surface area contributed by atoms with Crippen LogP contribution in [0.4, 0.5) is 4.39 Å². The summed E-state index contributed by atoms with van der Waals surface area (Å²) in [6.45, 7) is 7.38. The van der Waals surface area contributed by atoms with E-state index in [0.29, 0.717) is 6.54 Å². The number of ether oxygens (including phenoxy) is 1. The fourth-order valence-electron chi connectivity index (χ4n) is 2.45. The highest BCUT2D eigenvalue weighted by Crippen LogP contribution is 2.28. The summed E-state index contributed by atoms with van der Waals surface area (Å²) in [4.78, 5) is 4.24. The molecule has 1 aromatic carbocycles. The zero-order chi connectivity index (χ0) is 17.4. The standard InChI is InChI=1S/C19H30FN3O.HI/c1-19(2,16-6-4-7-17(20)12-16)14-23-18(21-3)22-10-5-11-24-13-15-8-9-15;/h4,6-7,12,15H,5,8-11,13-14H2,1-3H3,(H2,21,22,23);1H. The van der Waals surface area contributed by atoms with Crippen LogP contribution in [0, 0.1) is 11.7 Å². The van der Waals surface area contributed by atoms with E-state index in [1.165, 1.54) is 18.9 Å². The van der Waals surface area contributed by atoms with Crippen molar-refractivity contribution in [2.24, 2.45) is 10.9 Å². The highest BCUT2D eigenvalue weighted by Gasteiger charge is 2.22. The number of nitrogens with zero attached hydrogens (tertiary/aromatic N) is 1. The fourth-order valence-corrected chi connectivity index (χ4v) is 2.45. The van der Waals surface area contributed by atoms with Crippen LogP contribution >= 0.6 is 24.0 Å². The van der Waals surface area contributed by atoms with Gasteiger partial charge in [-0.1, -0.05) is 26.0 Å². The summed E-state index contributed by atoms with van der Waals surface area (Å²) in [5, 5.41) is 6.62. The van der Waals surface area contributed by atoms with Gasteiger partial charge >= 0.3 is 0 Å². The highest BCUT2D eigenvalue weighted by atomic mass is 127. The van der Waals surface area contributed by atoms with Gasteiger partial charge in [0.1, 0.15) is 5.82 Å². The third-order valence-corrected chi connectivity index (χ3v) is 4.34. The van der Waals surface area contributed by atoms with Gasteiger partial charge < -0.3 is 15.4 Å². The molecule has 0 amide bonds.